The molecule has 0 unspecified atom stereocenters. The normalized spacial score (nSPS) is 25.2. The van der Waals surface area contributed by atoms with E-state index >= 15 is 0 Å². The second kappa shape index (κ2) is 6.28. The first-order chi connectivity index (χ1) is 11.7. The molecule has 1 saturated carbocycles. The molecule has 1 atom stereocenters. The van der Waals surface area contributed by atoms with Gasteiger partial charge in [0.1, 0.15) is 18.1 Å². The van der Waals surface area contributed by atoms with Gasteiger partial charge in [-0.3, -0.25) is 4.79 Å². The van der Waals surface area contributed by atoms with Crippen LogP contribution in [0, 0.1) is 5.92 Å². The Morgan fingerprint density at radius 2 is 2.17 bits per heavy atom. The van der Waals surface area contributed by atoms with Crippen LogP contribution in [0.2, 0.25) is 0 Å². The number of amides is 1. The Bertz CT molecular complexity index is 624. The third-order valence-electron chi connectivity index (χ3n) is 5.60. The van der Waals surface area contributed by atoms with Crippen molar-refractivity contribution in [2.75, 3.05) is 33.4 Å². The molecule has 2 heterocycles. The van der Waals surface area contributed by atoms with E-state index in [9.17, 15) is 4.79 Å². The molecular formula is C19H25NO4. The number of methoxy groups -OCH3 is 1. The molecular weight excluding hydrogens is 306 g/mol. The van der Waals surface area contributed by atoms with Gasteiger partial charge >= 0.3 is 0 Å². The molecule has 0 N–H and O–H groups in total. The number of fused-ring (bicyclic) bond motifs is 1. The van der Waals surface area contributed by atoms with Crippen molar-refractivity contribution < 1.29 is 19.0 Å². The van der Waals surface area contributed by atoms with Gasteiger partial charge < -0.3 is 19.1 Å². The van der Waals surface area contributed by atoms with Crippen molar-refractivity contribution in [2.24, 2.45) is 5.92 Å². The van der Waals surface area contributed by atoms with Crippen molar-refractivity contribution in [2.45, 2.75) is 37.7 Å². The van der Waals surface area contributed by atoms with Gasteiger partial charge in [0.2, 0.25) is 5.91 Å². The minimum Gasteiger partial charge on any atom is -0.497 e. The lowest BCUT2D eigenvalue weighted by molar-refractivity contribution is -0.154. The molecule has 2 fully saturated rings. The lowest BCUT2D eigenvalue weighted by Gasteiger charge is -2.42. The number of nitrogens with zero attached hydrogens (tertiary/aromatic N) is 1. The summed E-state index contributed by atoms with van der Waals surface area (Å²) in [6.45, 7) is 2.56. The van der Waals surface area contributed by atoms with Crippen LogP contribution in [0.3, 0.4) is 0 Å². The Balaban J connectivity index is 1.46. The Kier molecular flexibility index (Phi) is 4.12. The van der Waals surface area contributed by atoms with E-state index in [1.165, 1.54) is 12.8 Å². The zero-order valence-electron chi connectivity index (χ0n) is 14.3. The van der Waals surface area contributed by atoms with Crippen LogP contribution in [0.15, 0.2) is 18.2 Å². The molecule has 1 aliphatic carbocycles. The summed E-state index contributed by atoms with van der Waals surface area (Å²) in [6, 6.07) is 5.80. The van der Waals surface area contributed by atoms with E-state index in [0.717, 1.165) is 42.9 Å². The molecule has 2 aliphatic heterocycles. The highest BCUT2D eigenvalue weighted by molar-refractivity contribution is 5.80. The average Bonchev–Trinajstić information content (AvgIpc) is 3.07. The van der Waals surface area contributed by atoms with Crippen molar-refractivity contribution in [3.05, 3.63) is 23.8 Å². The number of carbonyl (C=O) groups excluding carboxylic acids is 1. The molecule has 1 aromatic carbocycles. The van der Waals surface area contributed by atoms with Crippen LogP contribution in [-0.4, -0.2) is 49.8 Å². The van der Waals surface area contributed by atoms with Gasteiger partial charge in [-0.15, -0.1) is 0 Å². The smallest absolute Gasteiger partial charge is 0.229 e. The predicted molar refractivity (Wildman–Crippen MR) is 89.4 cm³/mol. The van der Waals surface area contributed by atoms with E-state index < -0.39 is 0 Å². The van der Waals surface area contributed by atoms with Crippen molar-refractivity contribution in [3.63, 3.8) is 0 Å². The fourth-order valence-corrected chi connectivity index (χ4v) is 4.27. The lowest BCUT2D eigenvalue weighted by Crippen LogP contribution is -2.54. The quantitative estimate of drug-likeness (QED) is 0.835. The minimum atomic E-state index is -0.110. The lowest BCUT2D eigenvalue weighted by atomic mass is 9.93. The Labute approximate surface area is 142 Å². The molecule has 0 radical (unpaired) electrons. The summed E-state index contributed by atoms with van der Waals surface area (Å²) in [7, 11) is 1.66. The van der Waals surface area contributed by atoms with Gasteiger partial charge in [0.25, 0.3) is 0 Å². The summed E-state index contributed by atoms with van der Waals surface area (Å²) < 4.78 is 17.2. The van der Waals surface area contributed by atoms with Gasteiger partial charge in [0.15, 0.2) is 0 Å². The molecule has 1 spiro atoms. The van der Waals surface area contributed by atoms with E-state index in [1.54, 1.807) is 7.11 Å². The molecule has 0 bridgehead atoms. The summed E-state index contributed by atoms with van der Waals surface area (Å²) in [5, 5.41) is 0. The van der Waals surface area contributed by atoms with E-state index in [2.05, 4.69) is 0 Å². The first-order valence-corrected chi connectivity index (χ1v) is 8.92. The molecule has 5 heteroatoms. The first-order valence-electron chi connectivity index (χ1n) is 8.92. The molecule has 3 aliphatic rings. The molecule has 0 aromatic heterocycles. The second-order valence-corrected chi connectivity index (χ2v) is 7.18. The fraction of sp³-hybridized carbons (Fsp3) is 0.632. The van der Waals surface area contributed by atoms with Gasteiger partial charge in [-0.1, -0.05) is 12.8 Å². The van der Waals surface area contributed by atoms with Gasteiger partial charge in [0, 0.05) is 13.1 Å². The fourth-order valence-electron chi connectivity index (χ4n) is 4.27. The van der Waals surface area contributed by atoms with Gasteiger partial charge in [0.05, 0.1) is 25.2 Å². The number of morpholine rings is 1. The van der Waals surface area contributed by atoms with Gasteiger partial charge in [-0.05, 0) is 43.0 Å². The van der Waals surface area contributed by atoms with Crippen LogP contribution in [0.25, 0.3) is 0 Å². The number of benzene rings is 1. The molecule has 1 aromatic rings. The van der Waals surface area contributed by atoms with Gasteiger partial charge in [-0.2, -0.15) is 0 Å². The summed E-state index contributed by atoms with van der Waals surface area (Å²) in [6.07, 6.45) is 5.30. The predicted octanol–water partition coefficient (Wildman–Crippen LogP) is 2.42. The van der Waals surface area contributed by atoms with Crippen LogP contribution in [0.1, 0.15) is 31.2 Å². The van der Waals surface area contributed by atoms with Crippen molar-refractivity contribution >= 4 is 5.91 Å². The van der Waals surface area contributed by atoms with E-state index in [1.807, 2.05) is 23.1 Å². The molecule has 4 rings (SSSR count). The van der Waals surface area contributed by atoms with Crippen LogP contribution >= 0.6 is 0 Å². The van der Waals surface area contributed by atoms with Crippen molar-refractivity contribution in [1.29, 1.82) is 0 Å². The number of rotatable bonds is 2. The number of carbonyl (C=O) groups is 1. The second-order valence-electron chi connectivity index (χ2n) is 7.18. The van der Waals surface area contributed by atoms with Crippen LogP contribution in [-0.2, 0) is 16.0 Å². The highest BCUT2D eigenvalue weighted by Gasteiger charge is 2.42. The highest BCUT2D eigenvalue weighted by atomic mass is 16.5. The maximum absolute atomic E-state index is 13.0. The minimum absolute atomic E-state index is 0.0788. The molecule has 5 nitrogen and oxygen atoms in total. The van der Waals surface area contributed by atoms with E-state index in [4.69, 9.17) is 14.2 Å². The number of hydrogen-bond acceptors (Lipinski definition) is 4. The summed E-state index contributed by atoms with van der Waals surface area (Å²) in [5.74, 6) is 1.77. The first kappa shape index (κ1) is 15.8. The maximum Gasteiger partial charge on any atom is 0.229 e. The third kappa shape index (κ3) is 2.86. The zero-order chi connectivity index (χ0) is 16.6. The number of hydrogen-bond donors (Lipinski definition) is 0. The summed E-state index contributed by atoms with van der Waals surface area (Å²) >= 11 is 0. The third-order valence-corrected chi connectivity index (χ3v) is 5.60. The zero-order valence-corrected chi connectivity index (χ0v) is 14.3. The summed E-state index contributed by atoms with van der Waals surface area (Å²) in [4.78, 5) is 15.0. The maximum atomic E-state index is 13.0. The molecule has 1 saturated heterocycles. The number of ether oxygens (including phenoxy) is 3. The monoisotopic (exact) mass is 331 g/mol. The molecule has 24 heavy (non-hydrogen) atoms. The Morgan fingerprint density at radius 1 is 1.33 bits per heavy atom. The Hall–Kier alpha value is -1.75. The Morgan fingerprint density at radius 3 is 2.96 bits per heavy atom. The largest absolute Gasteiger partial charge is 0.497 e. The summed E-state index contributed by atoms with van der Waals surface area (Å²) in [5.41, 5.74) is 0.979. The molecule has 130 valence electrons. The average molecular weight is 331 g/mol. The van der Waals surface area contributed by atoms with Crippen molar-refractivity contribution in [1.82, 2.24) is 4.90 Å². The van der Waals surface area contributed by atoms with E-state index in [-0.39, 0.29) is 17.4 Å². The SMILES string of the molecule is COc1ccc2c(c1)C[C@@H](C(=O)N1CCOC3(CCCC3)C1)CO2. The van der Waals surface area contributed by atoms with Crippen LogP contribution in [0.5, 0.6) is 11.5 Å². The van der Waals surface area contributed by atoms with Crippen LogP contribution < -0.4 is 9.47 Å². The van der Waals surface area contributed by atoms with Crippen LogP contribution in [0.4, 0.5) is 0 Å². The van der Waals surface area contributed by atoms with E-state index in [0.29, 0.717) is 19.8 Å². The standard InChI is InChI=1S/C19H25NO4/c1-22-16-4-5-17-14(11-16)10-15(12-23-17)18(21)20-8-9-24-19(13-20)6-2-3-7-19/h4-5,11,15H,2-3,6-10,12-13H2,1H3/t15-/m1/s1. The van der Waals surface area contributed by atoms with Gasteiger partial charge in [-0.25, -0.2) is 0 Å². The topological polar surface area (TPSA) is 48.0 Å². The van der Waals surface area contributed by atoms with Crippen molar-refractivity contribution in [3.8, 4) is 11.5 Å². The highest BCUT2D eigenvalue weighted by Crippen LogP contribution is 2.37. The molecule has 1 amide bonds.